The third-order valence-electron chi connectivity index (χ3n) is 3.29. The Morgan fingerprint density at radius 3 is 3.06 bits per heavy atom. The highest BCUT2D eigenvalue weighted by atomic mass is 16.4. The van der Waals surface area contributed by atoms with E-state index in [9.17, 15) is 4.79 Å². The fourth-order valence-corrected chi connectivity index (χ4v) is 2.40. The van der Waals surface area contributed by atoms with Crippen LogP contribution >= 0.6 is 0 Å². The van der Waals surface area contributed by atoms with Crippen molar-refractivity contribution in [2.75, 3.05) is 0 Å². The molecule has 1 aromatic heterocycles. The first-order valence-corrected chi connectivity index (χ1v) is 5.84. The molecule has 0 amide bonds. The topological polar surface area (TPSA) is 55.1 Å². The number of nitrogens with zero attached hydrogens (tertiary/aromatic N) is 2. The van der Waals surface area contributed by atoms with Gasteiger partial charge >= 0.3 is 5.97 Å². The standard InChI is InChI=1S/C12H18N2O2/c1-8-3-5-11-10(4-6-12(15)16)13-9(2)14(11)7-8/h8H,3-7H2,1-2H3,(H,15,16). The molecule has 4 heteroatoms. The van der Waals surface area contributed by atoms with Crippen LogP contribution < -0.4 is 0 Å². The molecule has 1 unspecified atom stereocenters. The van der Waals surface area contributed by atoms with Crippen LogP contribution in [0, 0.1) is 12.8 Å². The molecule has 0 bridgehead atoms. The third-order valence-corrected chi connectivity index (χ3v) is 3.29. The summed E-state index contributed by atoms with van der Waals surface area (Å²) < 4.78 is 2.26. The zero-order valence-electron chi connectivity index (χ0n) is 9.86. The van der Waals surface area contributed by atoms with Gasteiger partial charge in [-0.2, -0.15) is 0 Å². The maximum Gasteiger partial charge on any atom is 0.303 e. The number of hydrogen-bond donors (Lipinski definition) is 1. The van der Waals surface area contributed by atoms with Crippen LogP contribution in [0.1, 0.15) is 37.0 Å². The van der Waals surface area contributed by atoms with Gasteiger partial charge in [0.05, 0.1) is 12.1 Å². The van der Waals surface area contributed by atoms with E-state index in [1.54, 1.807) is 0 Å². The van der Waals surface area contributed by atoms with E-state index >= 15 is 0 Å². The predicted octanol–water partition coefficient (Wildman–Crippen LogP) is 1.79. The Labute approximate surface area is 95.3 Å². The molecule has 2 rings (SSSR count). The average Bonchev–Trinajstić information content (AvgIpc) is 2.53. The second-order valence-electron chi connectivity index (χ2n) is 4.70. The van der Waals surface area contributed by atoms with E-state index in [0.717, 1.165) is 24.5 Å². The van der Waals surface area contributed by atoms with Crippen molar-refractivity contribution in [1.29, 1.82) is 0 Å². The molecule has 0 spiro atoms. The molecule has 0 saturated carbocycles. The van der Waals surface area contributed by atoms with Crippen LogP contribution in [0.5, 0.6) is 0 Å². The largest absolute Gasteiger partial charge is 0.481 e. The quantitative estimate of drug-likeness (QED) is 0.848. The average molecular weight is 222 g/mol. The van der Waals surface area contributed by atoms with Gasteiger partial charge in [-0.25, -0.2) is 4.98 Å². The minimum atomic E-state index is -0.747. The number of rotatable bonds is 3. The number of carboxylic acids is 1. The number of aromatic nitrogens is 2. The van der Waals surface area contributed by atoms with Crippen molar-refractivity contribution in [2.24, 2.45) is 5.92 Å². The van der Waals surface area contributed by atoms with Gasteiger partial charge in [0.2, 0.25) is 0 Å². The van der Waals surface area contributed by atoms with Gasteiger partial charge in [-0.05, 0) is 25.7 Å². The Morgan fingerprint density at radius 2 is 2.38 bits per heavy atom. The molecule has 0 fully saturated rings. The number of hydrogen-bond acceptors (Lipinski definition) is 2. The number of aliphatic carboxylic acids is 1. The zero-order valence-corrected chi connectivity index (χ0v) is 9.86. The first-order chi connectivity index (χ1) is 7.58. The summed E-state index contributed by atoms with van der Waals surface area (Å²) >= 11 is 0. The summed E-state index contributed by atoms with van der Waals surface area (Å²) in [7, 11) is 0. The summed E-state index contributed by atoms with van der Waals surface area (Å²) in [5, 5.41) is 8.69. The van der Waals surface area contributed by atoms with Gasteiger partial charge in [-0.15, -0.1) is 0 Å². The predicted molar refractivity (Wildman–Crippen MR) is 60.4 cm³/mol. The van der Waals surface area contributed by atoms with E-state index in [1.165, 1.54) is 12.1 Å². The van der Waals surface area contributed by atoms with E-state index in [1.807, 2.05) is 6.92 Å². The molecular weight excluding hydrogens is 204 g/mol. The van der Waals surface area contributed by atoms with E-state index in [0.29, 0.717) is 12.3 Å². The van der Waals surface area contributed by atoms with Gasteiger partial charge in [0.25, 0.3) is 0 Å². The van der Waals surface area contributed by atoms with Gasteiger partial charge < -0.3 is 9.67 Å². The molecule has 1 aliphatic heterocycles. The highest BCUT2D eigenvalue weighted by molar-refractivity contribution is 5.67. The van der Waals surface area contributed by atoms with E-state index in [-0.39, 0.29) is 6.42 Å². The number of aryl methyl sites for hydroxylation is 2. The van der Waals surface area contributed by atoms with Crippen LogP contribution in [0.15, 0.2) is 0 Å². The van der Waals surface area contributed by atoms with Crippen molar-refractivity contribution < 1.29 is 9.90 Å². The molecular formula is C12H18N2O2. The highest BCUT2D eigenvalue weighted by Crippen LogP contribution is 2.24. The molecule has 0 aromatic carbocycles. The Balaban J connectivity index is 2.21. The summed E-state index contributed by atoms with van der Waals surface area (Å²) in [6.07, 6.45) is 2.97. The lowest BCUT2D eigenvalue weighted by atomic mass is 9.98. The highest BCUT2D eigenvalue weighted by Gasteiger charge is 2.21. The molecule has 1 aliphatic rings. The third kappa shape index (κ3) is 2.10. The fourth-order valence-electron chi connectivity index (χ4n) is 2.40. The monoisotopic (exact) mass is 222 g/mol. The first-order valence-electron chi connectivity index (χ1n) is 5.84. The van der Waals surface area contributed by atoms with Gasteiger partial charge in [0, 0.05) is 18.7 Å². The molecule has 1 N–H and O–H groups in total. The Kier molecular flexibility index (Phi) is 2.99. The van der Waals surface area contributed by atoms with Crippen LogP contribution in [0.4, 0.5) is 0 Å². The summed E-state index contributed by atoms with van der Waals surface area (Å²) in [4.78, 5) is 15.1. The van der Waals surface area contributed by atoms with E-state index < -0.39 is 5.97 Å². The van der Waals surface area contributed by atoms with Crippen LogP contribution in [0.25, 0.3) is 0 Å². The van der Waals surface area contributed by atoms with Crippen LogP contribution in [0.3, 0.4) is 0 Å². The summed E-state index contributed by atoms with van der Waals surface area (Å²) in [5.41, 5.74) is 2.25. The normalized spacial score (nSPS) is 19.5. The van der Waals surface area contributed by atoms with Gasteiger partial charge in [0.15, 0.2) is 0 Å². The second kappa shape index (κ2) is 4.28. The summed E-state index contributed by atoms with van der Waals surface area (Å²) in [5.74, 6) is 0.984. The van der Waals surface area contributed by atoms with Gasteiger partial charge in [-0.3, -0.25) is 4.79 Å². The lowest BCUT2D eigenvalue weighted by Gasteiger charge is -2.22. The van der Waals surface area contributed by atoms with Crippen LogP contribution in [-0.4, -0.2) is 20.6 Å². The fraction of sp³-hybridized carbons (Fsp3) is 0.667. The molecule has 1 aromatic rings. The minimum absolute atomic E-state index is 0.180. The van der Waals surface area contributed by atoms with Crippen molar-refractivity contribution in [3.8, 4) is 0 Å². The molecule has 1 atom stereocenters. The molecule has 88 valence electrons. The molecule has 0 radical (unpaired) electrons. The summed E-state index contributed by atoms with van der Waals surface area (Å²) in [6, 6.07) is 0. The number of carbonyl (C=O) groups is 1. The van der Waals surface area contributed by atoms with Crippen LogP contribution in [-0.2, 0) is 24.2 Å². The SMILES string of the molecule is Cc1nc(CCC(=O)O)c2n1CC(C)CC2. The van der Waals surface area contributed by atoms with E-state index in [4.69, 9.17) is 5.11 Å². The molecule has 0 saturated heterocycles. The van der Waals surface area contributed by atoms with Crippen molar-refractivity contribution >= 4 is 5.97 Å². The minimum Gasteiger partial charge on any atom is -0.481 e. The molecule has 2 heterocycles. The Hall–Kier alpha value is -1.32. The molecule has 4 nitrogen and oxygen atoms in total. The first kappa shape index (κ1) is 11.2. The smallest absolute Gasteiger partial charge is 0.303 e. The Morgan fingerprint density at radius 1 is 1.62 bits per heavy atom. The maximum absolute atomic E-state index is 10.6. The number of fused-ring (bicyclic) bond motifs is 1. The van der Waals surface area contributed by atoms with Crippen molar-refractivity contribution in [1.82, 2.24) is 9.55 Å². The molecule has 16 heavy (non-hydrogen) atoms. The van der Waals surface area contributed by atoms with Crippen molar-refractivity contribution in [3.63, 3.8) is 0 Å². The number of imidazole rings is 1. The maximum atomic E-state index is 10.6. The van der Waals surface area contributed by atoms with Gasteiger partial charge in [-0.1, -0.05) is 6.92 Å². The van der Waals surface area contributed by atoms with Crippen molar-refractivity contribution in [3.05, 3.63) is 17.2 Å². The van der Waals surface area contributed by atoms with E-state index in [2.05, 4.69) is 16.5 Å². The van der Waals surface area contributed by atoms with Crippen molar-refractivity contribution in [2.45, 2.75) is 46.1 Å². The van der Waals surface area contributed by atoms with Crippen LogP contribution in [0.2, 0.25) is 0 Å². The summed E-state index contributed by atoms with van der Waals surface area (Å²) in [6.45, 7) is 5.28. The molecule has 0 aliphatic carbocycles. The Bertz CT molecular complexity index is 409. The zero-order chi connectivity index (χ0) is 11.7. The number of carboxylic acid groups (broad SMARTS) is 1. The lowest BCUT2D eigenvalue weighted by Crippen LogP contribution is -2.19. The van der Waals surface area contributed by atoms with Gasteiger partial charge in [0.1, 0.15) is 5.82 Å². The second-order valence-corrected chi connectivity index (χ2v) is 4.70. The lowest BCUT2D eigenvalue weighted by molar-refractivity contribution is -0.136.